The van der Waals surface area contributed by atoms with Crippen LogP contribution in [-0.4, -0.2) is 40.1 Å². The van der Waals surface area contributed by atoms with Crippen LogP contribution < -0.4 is 0 Å². The summed E-state index contributed by atoms with van der Waals surface area (Å²) in [7, 11) is 1.68. The zero-order valence-corrected chi connectivity index (χ0v) is 10.7. The van der Waals surface area contributed by atoms with Crippen molar-refractivity contribution >= 4 is 22.8 Å². The van der Waals surface area contributed by atoms with Crippen LogP contribution in [0.5, 0.6) is 0 Å². The lowest BCUT2D eigenvalue weighted by atomic mass is 10.1. The fourth-order valence-corrected chi connectivity index (χ4v) is 2.33. The van der Waals surface area contributed by atoms with E-state index in [0.717, 1.165) is 10.9 Å². The molecule has 0 bridgehead atoms. The summed E-state index contributed by atoms with van der Waals surface area (Å²) in [4.78, 5) is 24.9. The summed E-state index contributed by atoms with van der Waals surface area (Å²) in [6.07, 6.45) is -0.567. The highest BCUT2D eigenvalue weighted by atomic mass is 16.6. The molecule has 0 saturated carbocycles. The van der Waals surface area contributed by atoms with Crippen molar-refractivity contribution in [2.75, 3.05) is 13.6 Å². The first-order valence-corrected chi connectivity index (χ1v) is 5.98. The van der Waals surface area contributed by atoms with Gasteiger partial charge in [0.05, 0.1) is 12.1 Å². The number of hydrogen-bond acceptors (Lipinski definition) is 4. The van der Waals surface area contributed by atoms with Crippen LogP contribution in [0.25, 0.3) is 10.9 Å². The highest BCUT2D eigenvalue weighted by molar-refractivity contribution is 6.05. The Morgan fingerprint density at radius 1 is 1.42 bits per heavy atom. The van der Waals surface area contributed by atoms with E-state index in [1.165, 1.54) is 16.5 Å². The minimum Gasteiger partial charge on any atom is -0.438 e. The van der Waals surface area contributed by atoms with Gasteiger partial charge in [0, 0.05) is 19.4 Å². The zero-order chi connectivity index (χ0) is 13.6. The van der Waals surface area contributed by atoms with Gasteiger partial charge in [-0.3, -0.25) is 9.59 Å². The number of amides is 1. The molecule has 3 rings (SSSR count). The third-order valence-corrected chi connectivity index (χ3v) is 3.16. The first-order chi connectivity index (χ1) is 9.08. The summed E-state index contributed by atoms with van der Waals surface area (Å²) < 4.78 is 6.74. The number of aromatic nitrogens is 2. The van der Waals surface area contributed by atoms with Crippen LogP contribution in [0.1, 0.15) is 23.6 Å². The lowest BCUT2D eigenvalue weighted by molar-refractivity contribution is -0.153. The molecule has 0 aliphatic carbocycles. The number of benzene rings is 1. The smallest absolute Gasteiger partial charge is 0.304 e. The summed E-state index contributed by atoms with van der Waals surface area (Å²) in [5.41, 5.74) is 1.19. The number of hydrogen-bond donors (Lipinski definition) is 0. The van der Waals surface area contributed by atoms with Gasteiger partial charge in [-0.15, -0.1) is 0 Å². The number of ether oxygens (including phenoxy) is 1. The van der Waals surface area contributed by atoms with Crippen molar-refractivity contribution in [3.63, 3.8) is 0 Å². The molecule has 1 aromatic carbocycles. The van der Waals surface area contributed by atoms with Crippen LogP contribution in [0.2, 0.25) is 0 Å². The lowest BCUT2D eigenvalue weighted by Crippen LogP contribution is -2.42. The average Bonchev–Trinajstić information content (AvgIpc) is 2.75. The van der Waals surface area contributed by atoms with Crippen LogP contribution in [0.3, 0.4) is 0 Å². The quantitative estimate of drug-likeness (QED) is 0.721. The summed E-state index contributed by atoms with van der Waals surface area (Å²) in [5.74, 6) is -0.504. The predicted molar refractivity (Wildman–Crippen MR) is 67.5 cm³/mol. The van der Waals surface area contributed by atoms with Crippen molar-refractivity contribution in [1.29, 1.82) is 0 Å². The molecule has 1 atom stereocenters. The van der Waals surface area contributed by atoms with Crippen LogP contribution in [-0.2, 0) is 9.53 Å². The molecule has 1 aliphatic rings. The third kappa shape index (κ3) is 1.76. The van der Waals surface area contributed by atoms with E-state index in [1.807, 2.05) is 24.3 Å². The van der Waals surface area contributed by atoms with Gasteiger partial charge in [0.15, 0.2) is 0 Å². The Morgan fingerprint density at radius 3 is 2.89 bits per heavy atom. The lowest BCUT2D eigenvalue weighted by Gasteiger charge is -2.30. The van der Waals surface area contributed by atoms with E-state index in [9.17, 15) is 9.59 Å². The van der Waals surface area contributed by atoms with E-state index >= 15 is 0 Å². The maximum Gasteiger partial charge on any atom is 0.304 e. The number of carbonyl (C=O) groups is 2. The minimum atomic E-state index is -0.567. The average molecular weight is 259 g/mol. The molecule has 0 spiro atoms. The molecule has 2 aromatic rings. The highest BCUT2D eigenvalue weighted by Crippen LogP contribution is 2.27. The highest BCUT2D eigenvalue weighted by Gasteiger charge is 2.33. The molecule has 1 aromatic heterocycles. The minimum absolute atomic E-state index is 0.114. The second-order valence-corrected chi connectivity index (χ2v) is 4.56. The van der Waals surface area contributed by atoms with Crippen LogP contribution in [0.15, 0.2) is 24.3 Å². The zero-order valence-electron chi connectivity index (χ0n) is 10.7. The summed E-state index contributed by atoms with van der Waals surface area (Å²) in [6, 6.07) is 7.39. The van der Waals surface area contributed by atoms with E-state index in [1.54, 1.807) is 7.05 Å². The Bertz CT molecular complexity index is 677. The molecule has 1 amide bonds. The molecule has 0 N–H and O–H groups in total. The molecular weight excluding hydrogens is 246 g/mol. The van der Waals surface area contributed by atoms with Gasteiger partial charge in [-0.2, -0.15) is 5.10 Å². The van der Waals surface area contributed by atoms with E-state index in [0.29, 0.717) is 12.2 Å². The van der Waals surface area contributed by atoms with Gasteiger partial charge in [0.2, 0.25) is 6.23 Å². The standard InChI is InChI=1S/C13H13N3O3/c1-8(17)19-11-7-15(2)13(18)12-9-5-3-4-6-10(9)14-16(11)12/h3-6,11H,7H2,1-2H3. The van der Waals surface area contributed by atoms with E-state index in [4.69, 9.17) is 4.74 Å². The molecule has 1 aliphatic heterocycles. The third-order valence-electron chi connectivity index (χ3n) is 3.16. The molecule has 19 heavy (non-hydrogen) atoms. The number of likely N-dealkylation sites (N-methyl/N-ethyl adjacent to an activating group) is 1. The fourth-order valence-electron chi connectivity index (χ4n) is 2.33. The van der Waals surface area contributed by atoms with Gasteiger partial charge in [-0.1, -0.05) is 18.2 Å². The molecule has 1 unspecified atom stereocenters. The summed E-state index contributed by atoms with van der Waals surface area (Å²) in [6.45, 7) is 1.65. The van der Waals surface area contributed by atoms with E-state index in [2.05, 4.69) is 5.10 Å². The Kier molecular flexibility index (Phi) is 2.51. The second-order valence-electron chi connectivity index (χ2n) is 4.56. The topological polar surface area (TPSA) is 64.4 Å². The van der Waals surface area contributed by atoms with Gasteiger partial charge in [0.25, 0.3) is 5.91 Å². The number of rotatable bonds is 1. The molecule has 6 nitrogen and oxygen atoms in total. The van der Waals surface area contributed by atoms with E-state index in [-0.39, 0.29) is 5.91 Å². The Hall–Kier alpha value is -2.37. The van der Waals surface area contributed by atoms with Crippen molar-refractivity contribution in [2.24, 2.45) is 0 Å². The first-order valence-electron chi connectivity index (χ1n) is 5.98. The monoisotopic (exact) mass is 259 g/mol. The van der Waals surface area contributed by atoms with Crippen molar-refractivity contribution in [1.82, 2.24) is 14.7 Å². The van der Waals surface area contributed by atoms with Crippen LogP contribution in [0.4, 0.5) is 0 Å². The van der Waals surface area contributed by atoms with Crippen molar-refractivity contribution < 1.29 is 14.3 Å². The van der Waals surface area contributed by atoms with Gasteiger partial charge in [-0.25, -0.2) is 4.68 Å². The molecular formula is C13H13N3O3. The first kappa shape index (κ1) is 11.7. The van der Waals surface area contributed by atoms with Gasteiger partial charge in [0.1, 0.15) is 5.69 Å². The van der Waals surface area contributed by atoms with Gasteiger partial charge < -0.3 is 9.64 Å². The number of nitrogens with zero attached hydrogens (tertiary/aromatic N) is 3. The Morgan fingerprint density at radius 2 is 2.16 bits per heavy atom. The SMILES string of the molecule is CC(=O)OC1CN(C)C(=O)c2c3ccccc3nn21. The van der Waals surface area contributed by atoms with Crippen LogP contribution >= 0.6 is 0 Å². The largest absolute Gasteiger partial charge is 0.438 e. The maximum absolute atomic E-state index is 12.2. The fraction of sp³-hybridized carbons (Fsp3) is 0.308. The normalized spacial score (nSPS) is 18.5. The molecule has 0 saturated heterocycles. The van der Waals surface area contributed by atoms with Gasteiger partial charge >= 0.3 is 5.97 Å². The van der Waals surface area contributed by atoms with E-state index < -0.39 is 12.2 Å². The summed E-state index contributed by atoms with van der Waals surface area (Å²) in [5, 5.41) is 5.14. The van der Waals surface area contributed by atoms with Gasteiger partial charge in [-0.05, 0) is 6.07 Å². The summed E-state index contributed by atoms with van der Waals surface area (Å²) >= 11 is 0. The predicted octanol–water partition coefficient (Wildman–Crippen LogP) is 1.18. The second kappa shape index (κ2) is 4.08. The molecule has 6 heteroatoms. The van der Waals surface area contributed by atoms with Crippen molar-refractivity contribution in [3.8, 4) is 0 Å². The Balaban J connectivity index is 2.20. The number of fused-ring (bicyclic) bond motifs is 3. The molecule has 98 valence electrons. The Labute approximate surface area is 109 Å². The molecule has 2 heterocycles. The number of esters is 1. The molecule has 0 fully saturated rings. The molecule has 0 radical (unpaired) electrons. The maximum atomic E-state index is 12.2. The van der Waals surface area contributed by atoms with Crippen LogP contribution in [0, 0.1) is 0 Å². The van der Waals surface area contributed by atoms with Crippen molar-refractivity contribution in [3.05, 3.63) is 30.0 Å². The number of carbonyl (C=O) groups excluding carboxylic acids is 2. The van der Waals surface area contributed by atoms with Crippen molar-refractivity contribution in [2.45, 2.75) is 13.2 Å².